The lowest BCUT2D eigenvalue weighted by atomic mass is 10.1. The third-order valence-electron chi connectivity index (χ3n) is 4.11. The zero-order valence-electron chi connectivity index (χ0n) is 15.2. The Morgan fingerprint density at radius 2 is 1.54 bits per heavy atom. The molecule has 0 fully saturated rings. The fourth-order valence-electron chi connectivity index (χ4n) is 2.61. The SMILES string of the molecule is CCCCCCCCCCC(=O)NN=C(CC)c1ccc(O)cc1. The lowest BCUT2D eigenvalue weighted by molar-refractivity contribution is -0.121. The van der Waals surface area contributed by atoms with Crippen LogP contribution in [0, 0.1) is 0 Å². The van der Waals surface area contributed by atoms with Crippen molar-refractivity contribution in [1.29, 1.82) is 0 Å². The summed E-state index contributed by atoms with van der Waals surface area (Å²) in [5.41, 5.74) is 4.39. The third-order valence-corrected chi connectivity index (χ3v) is 4.11. The summed E-state index contributed by atoms with van der Waals surface area (Å²) in [6.45, 7) is 4.23. The molecule has 0 unspecified atom stereocenters. The van der Waals surface area contributed by atoms with Gasteiger partial charge in [-0.2, -0.15) is 5.10 Å². The van der Waals surface area contributed by atoms with Crippen LogP contribution in [-0.4, -0.2) is 16.7 Å². The average molecular weight is 332 g/mol. The maximum absolute atomic E-state index is 11.9. The van der Waals surface area contributed by atoms with E-state index in [-0.39, 0.29) is 11.7 Å². The zero-order valence-corrected chi connectivity index (χ0v) is 15.2. The van der Waals surface area contributed by atoms with Gasteiger partial charge in [0.05, 0.1) is 5.71 Å². The van der Waals surface area contributed by atoms with Gasteiger partial charge in [0.2, 0.25) is 5.91 Å². The van der Waals surface area contributed by atoms with Crippen molar-refractivity contribution in [2.75, 3.05) is 0 Å². The number of carbonyl (C=O) groups excluding carboxylic acids is 1. The van der Waals surface area contributed by atoms with E-state index in [0.29, 0.717) is 6.42 Å². The molecule has 0 bridgehead atoms. The van der Waals surface area contributed by atoms with E-state index in [1.807, 2.05) is 19.1 Å². The number of hydrazone groups is 1. The second-order valence-electron chi connectivity index (χ2n) is 6.22. The molecule has 134 valence electrons. The lowest BCUT2D eigenvalue weighted by Crippen LogP contribution is -2.19. The highest BCUT2D eigenvalue weighted by atomic mass is 16.3. The van der Waals surface area contributed by atoms with E-state index in [4.69, 9.17) is 0 Å². The van der Waals surface area contributed by atoms with Crippen molar-refractivity contribution in [1.82, 2.24) is 5.43 Å². The molecule has 1 aromatic rings. The Kier molecular flexibility index (Phi) is 10.6. The number of carbonyl (C=O) groups is 1. The maximum Gasteiger partial charge on any atom is 0.240 e. The van der Waals surface area contributed by atoms with Crippen LogP contribution in [-0.2, 0) is 4.79 Å². The molecule has 24 heavy (non-hydrogen) atoms. The molecule has 2 N–H and O–H groups in total. The molecule has 0 radical (unpaired) electrons. The standard InChI is InChI=1S/C20H32N2O2/c1-3-5-6-7-8-9-10-11-12-20(24)22-21-19(4-2)17-13-15-18(23)16-14-17/h13-16,23H,3-12H2,1-2H3,(H,22,24). The van der Waals surface area contributed by atoms with Gasteiger partial charge in [-0.1, -0.05) is 58.8 Å². The Bertz CT molecular complexity index is 495. The second kappa shape index (κ2) is 12.6. The molecule has 0 saturated heterocycles. The minimum atomic E-state index is -0.0225. The fourth-order valence-corrected chi connectivity index (χ4v) is 2.61. The Morgan fingerprint density at radius 3 is 2.12 bits per heavy atom. The quantitative estimate of drug-likeness (QED) is 0.316. The molecule has 0 atom stereocenters. The Labute approximate surface area is 146 Å². The predicted molar refractivity (Wildman–Crippen MR) is 100 cm³/mol. The summed E-state index contributed by atoms with van der Waals surface area (Å²) in [6, 6.07) is 6.87. The first-order chi connectivity index (χ1) is 11.7. The van der Waals surface area contributed by atoms with Gasteiger partial charge in [0.15, 0.2) is 0 Å². The number of benzene rings is 1. The summed E-state index contributed by atoms with van der Waals surface area (Å²) in [5, 5.41) is 13.5. The van der Waals surface area contributed by atoms with E-state index in [0.717, 1.165) is 30.5 Å². The summed E-state index contributed by atoms with van der Waals surface area (Å²) < 4.78 is 0. The molecule has 1 aromatic carbocycles. The van der Waals surface area contributed by atoms with Crippen LogP contribution in [0.25, 0.3) is 0 Å². The molecular weight excluding hydrogens is 300 g/mol. The molecule has 0 heterocycles. The van der Waals surface area contributed by atoms with E-state index in [2.05, 4.69) is 17.5 Å². The Morgan fingerprint density at radius 1 is 0.958 bits per heavy atom. The summed E-state index contributed by atoms with van der Waals surface area (Å²) in [6.07, 6.45) is 11.1. The fraction of sp³-hybridized carbons (Fsp3) is 0.600. The topological polar surface area (TPSA) is 61.7 Å². The predicted octanol–water partition coefficient (Wildman–Crippen LogP) is 5.15. The normalized spacial score (nSPS) is 11.5. The van der Waals surface area contributed by atoms with E-state index in [1.165, 1.54) is 38.5 Å². The molecule has 0 spiro atoms. The van der Waals surface area contributed by atoms with Gasteiger partial charge >= 0.3 is 0 Å². The van der Waals surface area contributed by atoms with E-state index >= 15 is 0 Å². The summed E-state index contributed by atoms with van der Waals surface area (Å²) in [5.74, 6) is 0.207. The zero-order chi connectivity index (χ0) is 17.6. The van der Waals surface area contributed by atoms with Crippen molar-refractivity contribution in [2.45, 2.75) is 78.1 Å². The van der Waals surface area contributed by atoms with Gasteiger partial charge in [-0.15, -0.1) is 0 Å². The summed E-state index contributed by atoms with van der Waals surface area (Å²) >= 11 is 0. The van der Waals surface area contributed by atoms with Gasteiger partial charge in [-0.3, -0.25) is 4.79 Å². The first-order valence-electron chi connectivity index (χ1n) is 9.32. The number of phenolic OH excluding ortho intramolecular Hbond substituents is 1. The molecule has 0 aliphatic heterocycles. The van der Waals surface area contributed by atoms with Crippen LogP contribution in [0.4, 0.5) is 0 Å². The van der Waals surface area contributed by atoms with Crippen LogP contribution >= 0.6 is 0 Å². The summed E-state index contributed by atoms with van der Waals surface area (Å²) in [4.78, 5) is 11.9. The van der Waals surface area contributed by atoms with Gasteiger partial charge in [0.25, 0.3) is 0 Å². The van der Waals surface area contributed by atoms with Crippen molar-refractivity contribution in [2.24, 2.45) is 5.10 Å². The second-order valence-corrected chi connectivity index (χ2v) is 6.22. The number of unbranched alkanes of at least 4 members (excludes halogenated alkanes) is 7. The van der Waals surface area contributed by atoms with Crippen molar-refractivity contribution in [3.05, 3.63) is 29.8 Å². The molecule has 1 amide bonds. The number of hydrogen-bond donors (Lipinski definition) is 2. The van der Waals surface area contributed by atoms with Gasteiger partial charge < -0.3 is 5.11 Å². The number of nitrogens with one attached hydrogen (secondary N) is 1. The van der Waals surface area contributed by atoms with E-state index < -0.39 is 0 Å². The van der Waals surface area contributed by atoms with Crippen LogP contribution in [0.2, 0.25) is 0 Å². The molecule has 4 nitrogen and oxygen atoms in total. The number of phenols is 1. The minimum Gasteiger partial charge on any atom is -0.508 e. The lowest BCUT2D eigenvalue weighted by Gasteiger charge is -2.06. The van der Waals surface area contributed by atoms with Crippen LogP contribution in [0.1, 0.15) is 83.6 Å². The van der Waals surface area contributed by atoms with Crippen LogP contribution in [0.3, 0.4) is 0 Å². The monoisotopic (exact) mass is 332 g/mol. The number of amides is 1. The van der Waals surface area contributed by atoms with Crippen molar-refractivity contribution in [3.63, 3.8) is 0 Å². The molecule has 0 saturated carbocycles. The molecular formula is C20H32N2O2. The minimum absolute atomic E-state index is 0.0225. The van der Waals surface area contributed by atoms with Crippen LogP contribution < -0.4 is 5.43 Å². The van der Waals surface area contributed by atoms with Crippen LogP contribution in [0.5, 0.6) is 5.75 Å². The van der Waals surface area contributed by atoms with Crippen molar-refractivity contribution >= 4 is 11.6 Å². The first-order valence-corrected chi connectivity index (χ1v) is 9.32. The van der Waals surface area contributed by atoms with Crippen molar-refractivity contribution < 1.29 is 9.90 Å². The highest BCUT2D eigenvalue weighted by molar-refractivity contribution is 6.00. The third kappa shape index (κ3) is 8.70. The molecule has 4 heteroatoms. The first kappa shape index (κ1) is 20.2. The Balaban J connectivity index is 2.22. The molecule has 0 aliphatic rings. The smallest absolute Gasteiger partial charge is 0.240 e. The van der Waals surface area contributed by atoms with Gasteiger partial charge in [-0.05, 0) is 42.7 Å². The summed E-state index contributed by atoms with van der Waals surface area (Å²) in [7, 11) is 0. The van der Waals surface area contributed by atoms with E-state index in [1.54, 1.807) is 12.1 Å². The van der Waals surface area contributed by atoms with Crippen molar-refractivity contribution in [3.8, 4) is 5.75 Å². The highest BCUT2D eigenvalue weighted by Gasteiger charge is 2.04. The van der Waals surface area contributed by atoms with Gasteiger partial charge in [0, 0.05) is 6.42 Å². The molecule has 0 aromatic heterocycles. The highest BCUT2D eigenvalue weighted by Crippen LogP contribution is 2.12. The van der Waals surface area contributed by atoms with Crippen LogP contribution in [0.15, 0.2) is 29.4 Å². The number of nitrogens with zero attached hydrogens (tertiary/aromatic N) is 1. The van der Waals surface area contributed by atoms with Gasteiger partial charge in [0.1, 0.15) is 5.75 Å². The largest absolute Gasteiger partial charge is 0.508 e. The number of rotatable bonds is 12. The van der Waals surface area contributed by atoms with E-state index in [9.17, 15) is 9.90 Å². The van der Waals surface area contributed by atoms with Gasteiger partial charge in [-0.25, -0.2) is 5.43 Å². The average Bonchev–Trinajstić information content (AvgIpc) is 2.59. The molecule has 0 aliphatic carbocycles. The Hall–Kier alpha value is -1.84. The number of hydrogen-bond acceptors (Lipinski definition) is 3. The maximum atomic E-state index is 11.9. The molecule has 1 rings (SSSR count). The number of aromatic hydroxyl groups is 1.